The van der Waals surface area contributed by atoms with Gasteiger partial charge in [-0.25, -0.2) is 13.1 Å². The first kappa shape index (κ1) is 27.6. The van der Waals surface area contributed by atoms with Crippen molar-refractivity contribution in [3.63, 3.8) is 0 Å². The first-order chi connectivity index (χ1) is 15.8. The van der Waals surface area contributed by atoms with Crippen LogP contribution in [-0.2, 0) is 24.3 Å². The van der Waals surface area contributed by atoms with Crippen LogP contribution in [0, 0.1) is 5.92 Å². The Labute approximate surface area is 201 Å². The van der Waals surface area contributed by atoms with Gasteiger partial charge in [0.05, 0.1) is 26.2 Å². The van der Waals surface area contributed by atoms with Gasteiger partial charge in [-0.15, -0.1) is 0 Å². The predicted octanol–water partition coefficient (Wildman–Crippen LogP) is 1.65. The SMILES string of the molecule is CCOC(=O)C1CCN(C(=O)CN(C)C(=O)c2ccc(OC)c(S(=O)(=O)NC(C)(C)C)c2)CC1. The van der Waals surface area contributed by atoms with Crippen molar-refractivity contribution in [2.45, 2.75) is 51.0 Å². The van der Waals surface area contributed by atoms with E-state index < -0.39 is 21.5 Å². The maximum absolute atomic E-state index is 13.0. The summed E-state index contributed by atoms with van der Waals surface area (Å²) in [6, 6.07) is 4.13. The Kier molecular flexibility index (Phi) is 9.07. The number of esters is 1. The van der Waals surface area contributed by atoms with Crippen LogP contribution in [0.1, 0.15) is 50.9 Å². The second kappa shape index (κ2) is 11.2. The highest BCUT2D eigenvalue weighted by molar-refractivity contribution is 7.89. The lowest BCUT2D eigenvalue weighted by Gasteiger charge is -2.32. The van der Waals surface area contributed by atoms with E-state index in [0.717, 1.165) is 0 Å². The van der Waals surface area contributed by atoms with Crippen molar-refractivity contribution in [2.24, 2.45) is 5.92 Å². The van der Waals surface area contributed by atoms with Gasteiger partial charge in [0.2, 0.25) is 15.9 Å². The molecule has 0 unspecified atom stereocenters. The molecule has 0 aromatic heterocycles. The lowest BCUT2D eigenvalue weighted by molar-refractivity contribution is -0.151. The molecule has 0 bridgehead atoms. The Morgan fingerprint density at radius 2 is 1.79 bits per heavy atom. The number of amides is 2. The first-order valence-electron chi connectivity index (χ1n) is 11.2. The van der Waals surface area contributed by atoms with Crippen LogP contribution in [0.5, 0.6) is 5.75 Å². The van der Waals surface area contributed by atoms with E-state index in [1.807, 2.05) is 0 Å². The Morgan fingerprint density at radius 1 is 1.18 bits per heavy atom. The Balaban J connectivity index is 2.09. The van der Waals surface area contributed by atoms with Gasteiger partial charge in [0.1, 0.15) is 10.6 Å². The van der Waals surface area contributed by atoms with E-state index in [9.17, 15) is 22.8 Å². The quantitative estimate of drug-likeness (QED) is 0.542. The molecule has 34 heavy (non-hydrogen) atoms. The summed E-state index contributed by atoms with van der Waals surface area (Å²) in [4.78, 5) is 40.3. The second-order valence-corrected chi connectivity index (χ2v) is 10.9. The number of hydrogen-bond donors (Lipinski definition) is 1. The summed E-state index contributed by atoms with van der Waals surface area (Å²) in [6.45, 7) is 7.86. The summed E-state index contributed by atoms with van der Waals surface area (Å²) in [5.74, 6) is -1.09. The van der Waals surface area contributed by atoms with Gasteiger partial charge < -0.3 is 19.3 Å². The van der Waals surface area contributed by atoms with E-state index >= 15 is 0 Å². The van der Waals surface area contributed by atoms with Crippen LogP contribution in [0.4, 0.5) is 0 Å². The van der Waals surface area contributed by atoms with Crippen molar-refractivity contribution in [3.8, 4) is 5.75 Å². The molecule has 2 amide bonds. The molecule has 1 fully saturated rings. The number of carbonyl (C=O) groups excluding carboxylic acids is 3. The van der Waals surface area contributed by atoms with Crippen LogP contribution >= 0.6 is 0 Å². The molecule has 2 rings (SSSR count). The minimum atomic E-state index is -3.96. The molecular formula is C23H35N3O7S. The molecule has 10 nitrogen and oxygen atoms in total. The molecule has 0 spiro atoms. The number of nitrogens with one attached hydrogen (secondary N) is 1. The third kappa shape index (κ3) is 7.17. The highest BCUT2D eigenvalue weighted by atomic mass is 32.2. The fourth-order valence-electron chi connectivity index (χ4n) is 3.70. The maximum atomic E-state index is 13.0. The van der Waals surface area contributed by atoms with E-state index in [0.29, 0.717) is 32.5 Å². The van der Waals surface area contributed by atoms with Crippen LogP contribution in [0.2, 0.25) is 0 Å². The van der Waals surface area contributed by atoms with Crippen molar-refractivity contribution in [1.82, 2.24) is 14.5 Å². The third-order valence-electron chi connectivity index (χ3n) is 5.33. The normalized spacial score (nSPS) is 15.1. The molecule has 1 aromatic carbocycles. The molecule has 0 saturated carbocycles. The molecular weight excluding hydrogens is 462 g/mol. The number of likely N-dealkylation sites (N-methyl/N-ethyl adjacent to an activating group) is 1. The topological polar surface area (TPSA) is 122 Å². The third-order valence-corrected chi connectivity index (χ3v) is 7.11. The van der Waals surface area contributed by atoms with Gasteiger partial charge in [0, 0.05) is 31.2 Å². The maximum Gasteiger partial charge on any atom is 0.309 e. The number of carbonyl (C=O) groups is 3. The Hall–Kier alpha value is -2.66. The van der Waals surface area contributed by atoms with Crippen LogP contribution in [0.15, 0.2) is 23.1 Å². The number of likely N-dealkylation sites (tertiary alicyclic amines) is 1. The lowest BCUT2D eigenvalue weighted by atomic mass is 9.97. The molecule has 11 heteroatoms. The number of piperidine rings is 1. The fraction of sp³-hybridized carbons (Fsp3) is 0.609. The highest BCUT2D eigenvalue weighted by Gasteiger charge is 2.30. The van der Waals surface area contributed by atoms with Crippen molar-refractivity contribution < 1.29 is 32.3 Å². The fourth-order valence-corrected chi connectivity index (χ4v) is 5.31. The minimum absolute atomic E-state index is 0.108. The van der Waals surface area contributed by atoms with Crippen molar-refractivity contribution in [3.05, 3.63) is 23.8 Å². The number of benzene rings is 1. The summed E-state index contributed by atoms with van der Waals surface area (Å²) in [5, 5.41) is 0. The molecule has 1 saturated heterocycles. The standard InChI is InChI=1S/C23H35N3O7S/c1-7-33-22(29)16-10-12-26(13-11-16)20(27)15-25(5)21(28)17-8-9-18(32-6)19(14-17)34(30,31)24-23(2,3)4/h8-9,14,16,24H,7,10-13,15H2,1-6H3. The smallest absolute Gasteiger partial charge is 0.309 e. The summed E-state index contributed by atoms with van der Waals surface area (Å²) in [5.41, 5.74) is -0.611. The van der Waals surface area contributed by atoms with E-state index in [-0.39, 0.29) is 40.5 Å². The molecule has 0 atom stereocenters. The van der Waals surface area contributed by atoms with Gasteiger partial charge in [0.15, 0.2) is 0 Å². The summed E-state index contributed by atoms with van der Waals surface area (Å²) >= 11 is 0. The van der Waals surface area contributed by atoms with Crippen LogP contribution < -0.4 is 9.46 Å². The number of rotatable bonds is 8. The van der Waals surface area contributed by atoms with Crippen molar-refractivity contribution in [2.75, 3.05) is 40.4 Å². The van der Waals surface area contributed by atoms with E-state index in [1.165, 1.54) is 37.3 Å². The van der Waals surface area contributed by atoms with E-state index in [2.05, 4.69) is 4.72 Å². The molecule has 0 radical (unpaired) electrons. The number of hydrogen-bond acceptors (Lipinski definition) is 7. The van der Waals surface area contributed by atoms with Crippen molar-refractivity contribution >= 4 is 27.8 Å². The molecule has 1 aromatic rings. The monoisotopic (exact) mass is 497 g/mol. The van der Waals surface area contributed by atoms with Gasteiger partial charge in [-0.3, -0.25) is 14.4 Å². The highest BCUT2D eigenvalue weighted by Crippen LogP contribution is 2.26. The zero-order valence-electron chi connectivity index (χ0n) is 20.7. The second-order valence-electron chi connectivity index (χ2n) is 9.29. The van der Waals surface area contributed by atoms with Gasteiger partial charge >= 0.3 is 5.97 Å². The zero-order valence-corrected chi connectivity index (χ0v) is 21.5. The van der Waals surface area contributed by atoms with E-state index in [4.69, 9.17) is 9.47 Å². The predicted molar refractivity (Wildman–Crippen MR) is 126 cm³/mol. The molecule has 1 heterocycles. The van der Waals surface area contributed by atoms with Gasteiger partial charge in [-0.05, 0) is 58.7 Å². The number of sulfonamides is 1. The first-order valence-corrected chi connectivity index (χ1v) is 12.7. The minimum Gasteiger partial charge on any atom is -0.495 e. The van der Waals surface area contributed by atoms with Crippen LogP contribution in [-0.4, -0.2) is 81.9 Å². The molecule has 190 valence electrons. The largest absolute Gasteiger partial charge is 0.495 e. The van der Waals surface area contributed by atoms with Crippen LogP contribution in [0.3, 0.4) is 0 Å². The number of nitrogens with zero attached hydrogens (tertiary/aromatic N) is 2. The van der Waals surface area contributed by atoms with Gasteiger partial charge in [-0.2, -0.15) is 0 Å². The summed E-state index contributed by atoms with van der Waals surface area (Å²) < 4.78 is 38.5. The summed E-state index contributed by atoms with van der Waals surface area (Å²) in [7, 11) is -1.12. The van der Waals surface area contributed by atoms with Crippen molar-refractivity contribution in [1.29, 1.82) is 0 Å². The molecule has 1 aliphatic heterocycles. The average molecular weight is 498 g/mol. The number of methoxy groups -OCH3 is 1. The Bertz CT molecular complexity index is 1010. The average Bonchev–Trinajstić information content (AvgIpc) is 2.76. The molecule has 1 N–H and O–H groups in total. The summed E-state index contributed by atoms with van der Waals surface area (Å²) in [6.07, 6.45) is 1.03. The lowest BCUT2D eigenvalue weighted by Crippen LogP contribution is -2.45. The zero-order chi connectivity index (χ0) is 25.7. The molecule has 1 aliphatic rings. The van der Waals surface area contributed by atoms with E-state index in [1.54, 1.807) is 32.6 Å². The van der Waals surface area contributed by atoms with Gasteiger partial charge in [0.25, 0.3) is 5.91 Å². The number of ether oxygens (including phenoxy) is 2. The van der Waals surface area contributed by atoms with Gasteiger partial charge in [-0.1, -0.05) is 0 Å². The Morgan fingerprint density at radius 3 is 2.32 bits per heavy atom. The van der Waals surface area contributed by atoms with Crippen LogP contribution in [0.25, 0.3) is 0 Å². The molecule has 0 aliphatic carbocycles.